The van der Waals surface area contributed by atoms with Gasteiger partial charge in [0, 0.05) is 10.6 Å². The largest absolute Gasteiger partial charge is 0.338 e. The van der Waals surface area contributed by atoms with Crippen molar-refractivity contribution in [2.75, 3.05) is 0 Å². The van der Waals surface area contributed by atoms with E-state index in [0.29, 0.717) is 10.6 Å². The van der Waals surface area contributed by atoms with E-state index in [9.17, 15) is 9.46 Å². The Labute approximate surface area is 171 Å². The van der Waals surface area contributed by atoms with Crippen LogP contribution in [0.4, 0.5) is 0 Å². The summed E-state index contributed by atoms with van der Waals surface area (Å²) in [5.74, 6) is 0. The Kier molecular flexibility index (Phi) is 5.24. The second-order valence-corrected chi connectivity index (χ2v) is 9.39. The average Bonchev–Trinajstić information content (AvgIpc) is 2.74. The molecule has 1 N–H and O–H groups in total. The summed E-state index contributed by atoms with van der Waals surface area (Å²) in [5, 5.41) is 4.99. The molecular formula is C26H23O2P. The second-order valence-electron chi connectivity index (χ2n) is 7.21. The van der Waals surface area contributed by atoms with Crippen molar-refractivity contribution in [3.8, 4) is 0 Å². The number of hydrogen-bond donors (Lipinski definition) is 1. The van der Waals surface area contributed by atoms with Crippen LogP contribution >= 0.6 is 7.37 Å². The summed E-state index contributed by atoms with van der Waals surface area (Å²) in [7, 11) is -3.71. The predicted octanol–water partition coefficient (Wildman–Crippen LogP) is 5.67. The van der Waals surface area contributed by atoms with E-state index < -0.39 is 7.37 Å². The van der Waals surface area contributed by atoms with Crippen LogP contribution in [0, 0.1) is 0 Å². The van der Waals surface area contributed by atoms with Crippen molar-refractivity contribution in [2.24, 2.45) is 0 Å². The number of benzene rings is 4. The van der Waals surface area contributed by atoms with Crippen LogP contribution in [0.3, 0.4) is 0 Å². The molecule has 0 amide bonds. The quantitative estimate of drug-likeness (QED) is 0.336. The van der Waals surface area contributed by atoms with Gasteiger partial charge in [0.1, 0.15) is 0 Å². The van der Waals surface area contributed by atoms with Crippen LogP contribution in [0.1, 0.15) is 11.1 Å². The lowest BCUT2D eigenvalue weighted by Crippen LogP contribution is -2.15. The first-order valence-electron chi connectivity index (χ1n) is 9.63. The number of hydrogen-bond acceptors (Lipinski definition) is 1. The van der Waals surface area contributed by atoms with Crippen molar-refractivity contribution in [3.63, 3.8) is 0 Å². The van der Waals surface area contributed by atoms with E-state index in [1.807, 2.05) is 60.7 Å². The molecule has 4 aromatic carbocycles. The summed E-state index contributed by atoms with van der Waals surface area (Å²) in [6.07, 6.45) is 5.28. The maximum Gasteiger partial charge on any atom is 0.258 e. The first kappa shape index (κ1) is 19.4. The standard InChI is InChI=1S/C26H23O2P/c1-3-7-19-9-5-11-21-17-23(13-15-25(19)21)29(27,28)24-14-16-26-20(8-4-2)10-6-12-22(26)18-24/h3-6,9-18H,1-2,7-8H2,(H,27,28). The summed E-state index contributed by atoms with van der Waals surface area (Å²) >= 11 is 0. The third-order valence-corrected chi connectivity index (χ3v) is 7.29. The molecule has 4 aromatic rings. The summed E-state index contributed by atoms with van der Waals surface area (Å²) < 4.78 is 13.4. The Morgan fingerprint density at radius 3 is 1.59 bits per heavy atom. The molecule has 144 valence electrons. The van der Waals surface area contributed by atoms with E-state index in [1.54, 1.807) is 12.1 Å². The van der Waals surface area contributed by atoms with Crippen molar-refractivity contribution < 1.29 is 9.46 Å². The molecular weight excluding hydrogens is 375 g/mol. The van der Waals surface area contributed by atoms with Gasteiger partial charge in [0.25, 0.3) is 7.37 Å². The molecule has 0 aliphatic rings. The molecule has 0 aliphatic heterocycles. The normalized spacial score (nSPS) is 11.6. The molecule has 0 spiro atoms. The topological polar surface area (TPSA) is 37.3 Å². The summed E-state index contributed by atoms with van der Waals surface area (Å²) in [6.45, 7) is 7.62. The first-order chi connectivity index (χ1) is 14.0. The van der Waals surface area contributed by atoms with Gasteiger partial charge in [0.2, 0.25) is 0 Å². The Morgan fingerprint density at radius 2 is 1.17 bits per heavy atom. The van der Waals surface area contributed by atoms with Gasteiger partial charge >= 0.3 is 0 Å². The van der Waals surface area contributed by atoms with E-state index in [2.05, 4.69) is 25.3 Å². The highest BCUT2D eigenvalue weighted by Crippen LogP contribution is 2.40. The highest BCUT2D eigenvalue weighted by Gasteiger charge is 2.25. The van der Waals surface area contributed by atoms with Crippen molar-refractivity contribution >= 4 is 39.5 Å². The van der Waals surface area contributed by atoms with E-state index in [1.165, 1.54) is 0 Å². The van der Waals surface area contributed by atoms with Gasteiger partial charge < -0.3 is 4.89 Å². The highest BCUT2D eigenvalue weighted by molar-refractivity contribution is 7.73. The minimum Gasteiger partial charge on any atom is -0.338 e. The van der Waals surface area contributed by atoms with Gasteiger partial charge in [-0.2, -0.15) is 0 Å². The maximum atomic E-state index is 13.4. The van der Waals surface area contributed by atoms with Crippen LogP contribution in [0.25, 0.3) is 21.5 Å². The number of fused-ring (bicyclic) bond motifs is 2. The molecule has 29 heavy (non-hydrogen) atoms. The molecule has 2 nitrogen and oxygen atoms in total. The first-order valence-corrected chi connectivity index (χ1v) is 11.3. The van der Waals surface area contributed by atoms with Crippen molar-refractivity contribution in [1.29, 1.82) is 0 Å². The Hall–Kier alpha value is -2.93. The van der Waals surface area contributed by atoms with Crippen LogP contribution in [0.5, 0.6) is 0 Å². The van der Waals surface area contributed by atoms with E-state index in [4.69, 9.17) is 0 Å². The maximum absolute atomic E-state index is 13.4. The smallest absolute Gasteiger partial charge is 0.258 e. The third-order valence-electron chi connectivity index (χ3n) is 5.34. The zero-order chi connectivity index (χ0) is 20.4. The zero-order valence-corrected chi connectivity index (χ0v) is 17.1. The second kappa shape index (κ2) is 7.83. The van der Waals surface area contributed by atoms with E-state index >= 15 is 0 Å². The van der Waals surface area contributed by atoms with Crippen molar-refractivity contribution in [3.05, 3.63) is 109 Å². The lowest BCUT2D eigenvalue weighted by atomic mass is 10.0. The van der Waals surface area contributed by atoms with Gasteiger partial charge in [-0.15, -0.1) is 13.2 Å². The fourth-order valence-electron chi connectivity index (χ4n) is 3.87. The lowest BCUT2D eigenvalue weighted by molar-refractivity contribution is 0.501. The average molecular weight is 398 g/mol. The molecule has 0 unspecified atom stereocenters. The third kappa shape index (κ3) is 3.58. The highest BCUT2D eigenvalue weighted by atomic mass is 31.2. The molecule has 0 saturated carbocycles. The van der Waals surface area contributed by atoms with Gasteiger partial charge in [-0.25, -0.2) is 0 Å². The fourth-order valence-corrected chi connectivity index (χ4v) is 5.35. The monoisotopic (exact) mass is 398 g/mol. The van der Waals surface area contributed by atoms with Crippen LogP contribution in [-0.2, 0) is 17.4 Å². The van der Waals surface area contributed by atoms with Crippen molar-refractivity contribution in [2.45, 2.75) is 12.8 Å². The van der Waals surface area contributed by atoms with Gasteiger partial charge in [0.15, 0.2) is 0 Å². The molecule has 0 radical (unpaired) electrons. The van der Waals surface area contributed by atoms with E-state index in [-0.39, 0.29) is 0 Å². The van der Waals surface area contributed by atoms with E-state index in [0.717, 1.165) is 45.5 Å². The predicted molar refractivity (Wildman–Crippen MR) is 125 cm³/mol. The molecule has 0 fully saturated rings. The Morgan fingerprint density at radius 1 is 0.724 bits per heavy atom. The van der Waals surface area contributed by atoms with Gasteiger partial charge in [-0.05, 0) is 69.8 Å². The molecule has 4 rings (SSSR count). The fraction of sp³-hybridized carbons (Fsp3) is 0.0769. The Bertz CT molecular complexity index is 1190. The molecule has 0 aromatic heterocycles. The molecule has 0 heterocycles. The zero-order valence-electron chi connectivity index (χ0n) is 16.2. The Balaban J connectivity index is 1.81. The number of allylic oxidation sites excluding steroid dienone is 2. The lowest BCUT2D eigenvalue weighted by Gasteiger charge is -2.15. The van der Waals surface area contributed by atoms with Crippen LogP contribution in [0.2, 0.25) is 0 Å². The SMILES string of the molecule is C=CCc1cccc2cc(P(=O)(O)c3ccc4c(CC=C)cccc4c3)ccc12. The molecule has 3 heteroatoms. The molecule has 0 bridgehead atoms. The summed E-state index contributed by atoms with van der Waals surface area (Å²) in [4.78, 5) is 11.0. The van der Waals surface area contributed by atoms with Gasteiger partial charge in [-0.1, -0.05) is 60.7 Å². The minimum atomic E-state index is -3.71. The molecule has 0 saturated heterocycles. The van der Waals surface area contributed by atoms with Crippen LogP contribution < -0.4 is 10.6 Å². The summed E-state index contributed by atoms with van der Waals surface area (Å²) in [5.41, 5.74) is 2.33. The van der Waals surface area contributed by atoms with Crippen LogP contribution in [0.15, 0.2) is 98.1 Å². The van der Waals surface area contributed by atoms with Gasteiger partial charge in [-0.3, -0.25) is 4.57 Å². The summed E-state index contributed by atoms with van der Waals surface area (Å²) in [6, 6.07) is 23.1. The van der Waals surface area contributed by atoms with Crippen LogP contribution in [-0.4, -0.2) is 4.89 Å². The van der Waals surface area contributed by atoms with Crippen molar-refractivity contribution in [1.82, 2.24) is 0 Å². The molecule has 0 aliphatic carbocycles. The minimum absolute atomic E-state index is 0.447. The van der Waals surface area contributed by atoms with Gasteiger partial charge in [0.05, 0.1) is 0 Å². The number of rotatable bonds is 6. The molecule has 0 atom stereocenters.